The van der Waals surface area contributed by atoms with Gasteiger partial charge in [0, 0.05) is 49.0 Å². The summed E-state index contributed by atoms with van der Waals surface area (Å²) in [6, 6.07) is 13.7. The Morgan fingerprint density at radius 1 is 1.04 bits per heavy atom. The smallest absolute Gasteiger partial charge is 0.352 e. The van der Waals surface area contributed by atoms with Gasteiger partial charge >= 0.3 is 5.97 Å². The van der Waals surface area contributed by atoms with Gasteiger partial charge in [-0.3, -0.25) is 0 Å². The molecule has 6 heteroatoms. The van der Waals surface area contributed by atoms with E-state index in [9.17, 15) is 4.79 Å². The van der Waals surface area contributed by atoms with Crippen LogP contribution in [0, 0.1) is 0 Å². The van der Waals surface area contributed by atoms with E-state index in [1.807, 2.05) is 36.5 Å². The van der Waals surface area contributed by atoms with Gasteiger partial charge < -0.3 is 19.9 Å². The van der Waals surface area contributed by atoms with E-state index in [4.69, 9.17) is 5.11 Å². The summed E-state index contributed by atoms with van der Waals surface area (Å²) in [5.74, 6) is 0.0843. The monoisotopic (exact) mass is 322 g/mol. The van der Waals surface area contributed by atoms with E-state index in [-0.39, 0.29) is 5.69 Å². The van der Waals surface area contributed by atoms with Crippen LogP contribution in [0.2, 0.25) is 0 Å². The molecule has 0 aliphatic carbocycles. The predicted molar refractivity (Wildman–Crippen MR) is 93.9 cm³/mol. The van der Waals surface area contributed by atoms with Crippen molar-refractivity contribution >= 4 is 28.4 Å². The SMILES string of the molecule is O=C(O)c1cc2cc(N3CCN(c4ccccn4)CC3)ccc2[nH]1. The molecule has 0 radical (unpaired) electrons. The molecular formula is C18H18N4O2. The molecule has 122 valence electrons. The normalized spacial score (nSPS) is 15.0. The number of aromatic nitrogens is 2. The van der Waals surface area contributed by atoms with Crippen molar-refractivity contribution in [3.8, 4) is 0 Å². The molecule has 1 aromatic carbocycles. The summed E-state index contributed by atoms with van der Waals surface area (Å²) < 4.78 is 0. The van der Waals surface area contributed by atoms with Gasteiger partial charge in [-0.25, -0.2) is 9.78 Å². The number of pyridine rings is 1. The fraction of sp³-hybridized carbons (Fsp3) is 0.222. The number of hydrogen-bond acceptors (Lipinski definition) is 4. The Labute approximate surface area is 139 Å². The molecular weight excluding hydrogens is 304 g/mol. The molecule has 3 aromatic rings. The van der Waals surface area contributed by atoms with Crippen molar-refractivity contribution in [3.63, 3.8) is 0 Å². The second-order valence-corrected chi connectivity index (χ2v) is 5.92. The molecule has 1 saturated heterocycles. The van der Waals surface area contributed by atoms with E-state index < -0.39 is 5.97 Å². The van der Waals surface area contributed by atoms with Crippen LogP contribution in [0.3, 0.4) is 0 Å². The summed E-state index contributed by atoms with van der Waals surface area (Å²) in [5.41, 5.74) is 2.20. The van der Waals surface area contributed by atoms with Crippen LogP contribution in [0.1, 0.15) is 10.5 Å². The maximum Gasteiger partial charge on any atom is 0.352 e. The fourth-order valence-corrected chi connectivity index (χ4v) is 3.17. The van der Waals surface area contributed by atoms with E-state index in [1.54, 1.807) is 6.07 Å². The Bertz CT molecular complexity index is 867. The number of aromatic amines is 1. The summed E-state index contributed by atoms with van der Waals surface area (Å²) in [5, 5.41) is 10.0. The van der Waals surface area contributed by atoms with Crippen LogP contribution in [-0.2, 0) is 0 Å². The van der Waals surface area contributed by atoms with E-state index in [0.717, 1.165) is 48.6 Å². The number of anilines is 2. The van der Waals surface area contributed by atoms with Crippen molar-refractivity contribution in [2.45, 2.75) is 0 Å². The summed E-state index contributed by atoms with van der Waals surface area (Å²) in [6.07, 6.45) is 1.82. The molecule has 0 amide bonds. The summed E-state index contributed by atoms with van der Waals surface area (Å²) in [6.45, 7) is 3.67. The second kappa shape index (κ2) is 5.88. The minimum Gasteiger partial charge on any atom is -0.477 e. The van der Waals surface area contributed by atoms with Crippen molar-refractivity contribution < 1.29 is 9.90 Å². The maximum absolute atomic E-state index is 11.1. The molecule has 0 bridgehead atoms. The van der Waals surface area contributed by atoms with Crippen LogP contribution in [0.25, 0.3) is 10.9 Å². The number of carbonyl (C=O) groups is 1. The van der Waals surface area contributed by atoms with Gasteiger partial charge in [-0.2, -0.15) is 0 Å². The molecule has 6 nitrogen and oxygen atoms in total. The van der Waals surface area contributed by atoms with Gasteiger partial charge in [0.25, 0.3) is 0 Å². The predicted octanol–water partition coefficient (Wildman–Crippen LogP) is 2.59. The first-order valence-electron chi connectivity index (χ1n) is 7.98. The van der Waals surface area contributed by atoms with Crippen LogP contribution < -0.4 is 9.80 Å². The van der Waals surface area contributed by atoms with Gasteiger partial charge in [0.15, 0.2) is 0 Å². The highest BCUT2D eigenvalue weighted by Gasteiger charge is 2.18. The lowest BCUT2D eigenvalue weighted by atomic mass is 10.2. The molecule has 4 rings (SSSR count). The summed E-state index contributed by atoms with van der Waals surface area (Å²) in [4.78, 5) is 23.0. The summed E-state index contributed by atoms with van der Waals surface area (Å²) >= 11 is 0. The number of carboxylic acid groups (broad SMARTS) is 1. The first kappa shape index (κ1) is 14.6. The van der Waals surface area contributed by atoms with Gasteiger partial charge in [0.2, 0.25) is 0 Å². The molecule has 2 aromatic heterocycles. The lowest BCUT2D eigenvalue weighted by Gasteiger charge is -2.36. The third kappa shape index (κ3) is 2.67. The van der Waals surface area contributed by atoms with Gasteiger partial charge in [-0.1, -0.05) is 6.07 Å². The molecule has 1 aliphatic heterocycles. The lowest BCUT2D eigenvalue weighted by Crippen LogP contribution is -2.46. The third-order valence-electron chi connectivity index (χ3n) is 4.45. The van der Waals surface area contributed by atoms with Crippen molar-refractivity contribution in [2.75, 3.05) is 36.0 Å². The Balaban J connectivity index is 1.51. The van der Waals surface area contributed by atoms with E-state index in [0.29, 0.717) is 0 Å². The average Bonchev–Trinajstić information content (AvgIpc) is 3.06. The van der Waals surface area contributed by atoms with Crippen LogP contribution in [0.5, 0.6) is 0 Å². The first-order valence-corrected chi connectivity index (χ1v) is 7.98. The number of piperazine rings is 1. The van der Waals surface area contributed by atoms with E-state index in [2.05, 4.69) is 25.8 Å². The third-order valence-corrected chi connectivity index (χ3v) is 4.45. The maximum atomic E-state index is 11.1. The number of hydrogen-bond donors (Lipinski definition) is 2. The Morgan fingerprint density at radius 2 is 1.83 bits per heavy atom. The molecule has 2 N–H and O–H groups in total. The number of nitrogens with zero attached hydrogens (tertiary/aromatic N) is 3. The van der Waals surface area contributed by atoms with Gasteiger partial charge in [0.1, 0.15) is 11.5 Å². The number of aromatic carboxylic acids is 1. The highest BCUT2D eigenvalue weighted by Crippen LogP contribution is 2.24. The van der Waals surface area contributed by atoms with Gasteiger partial charge in [-0.05, 0) is 36.4 Å². The zero-order valence-electron chi connectivity index (χ0n) is 13.1. The number of H-pyrrole nitrogens is 1. The molecule has 0 unspecified atom stereocenters. The van der Waals surface area contributed by atoms with Crippen molar-refractivity contribution in [1.29, 1.82) is 0 Å². The Morgan fingerprint density at radius 3 is 2.54 bits per heavy atom. The fourth-order valence-electron chi connectivity index (χ4n) is 3.17. The minimum absolute atomic E-state index is 0.224. The summed E-state index contributed by atoms with van der Waals surface area (Å²) in [7, 11) is 0. The zero-order chi connectivity index (χ0) is 16.5. The van der Waals surface area contributed by atoms with Crippen LogP contribution >= 0.6 is 0 Å². The molecule has 24 heavy (non-hydrogen) atoms. The Hall–Kier alpha value is -3.02. The van der Waals surface area contributed by atoms with Crippen molar-refractivity contribution in [2.24, 2.45) is 0 Å². The van der Waals surface area contributed by atoms with Crippen molar-refractivity contribution in [1.82, 2.24) is 9.97 Å². The number of carboxylic acids is 1. The van der Waals surface area contributed by atoms with Crippen molar-refractivity contribution in [3.05, 3.63) is 54.4 Å². The molecule has 0 spiro atoms. The second-order valence-electron chi connectivity index (χ2n) is 5.92. The number of fused-ring (bicyclic) bond motifs is 1. The van der Waals surface area contributed by atoms with E-state index in [1.165, 1.54) is 0 Å². The minimum atomic E-state index is -0.934. The topological polar surface area (TPSA) is 72.5 Å². The largest absolute Gasteiger partial charge is 0.477 e. The quantitative estimate of drug-likeness (QED) is 0.775. The molecule has 3 heterocycles. The highest BCUT2D eigenvalue weighted by atomic mass is 16.4. The number of benzene rings is 1. The van der Waals surface area contributed by atoms with Crippen LogP contribution in [-0.4, -0.2) is 47.2 Å². The standard InChI is InChI=1S/C18H18N4O2/c23-18(24)16-12-13-11-14(4-5-15(13)20-16)21-7-9-22(10-8-21)17-3-1-2-6-19-17/h1-6,11-12,20H,7-10H2,(H,23,24). The van der Waals surface area contributed by atoms with Crippen LogP contribution in [0.15, 0.2) is 48.7 Å². The first-order chi connectivity index (χ1) is 11.7. The molecule has 1 aliphatic rings. The lowest BCUT2D eigenvalue weighted by molar-refractivity contribution is 0.0691. The molecule has 0 saturated carbocycles. The van der Waals surface area contributed by atoms with Gasteiger partial charge in [0.05, 0.1) is 0 Å². The molecule has 1 fully saturated rings. The highest BCUT2D eigenvalue weighted by molar-refractivity contribution is 5.94. The number of nitrogens with one attached hydrogen (secondary N) is 1. The van der Waals surface area contributed by atoms with Crippen LogP contribution in [0.4, 0.5) is 11.5 Å². The zero-order valence-corrected chi connectivity index (χ0v) is 13.1. The van der Waals surface area contributed by atoms with Gasteiger partial charge in [-0.15, -0.1) is 0 Å². The average molecular weight is 322 g/mol. The Kier molecular flexibility index (Phi) is 3.57. The number of rotatable bonds is 3. The van der Waals surface area contributed by atoms with E-state index >= 15 is 0 Å². The molecule has 0 atom stereocenters.